The van der Waals surface area contributed by atoms with Gasteiger partial charge in [-0.05, 0) is 38.1 Å². The highest BCUT2D eigenvalue weighted by Crippen LogP contribution is 2.31. The predicted molar refractivity (Wildman–Crippen MR) is 116 cm³/mol. The number of amidine groups is 1. The second kappa shape index (κ2) is 8.89. The van der Waals surface area contributed by atoms with E-state index < -0.39 is 5.25 Å². The van der Waals surface area contributed by atoms with E-state index in [9.17, 15) is 9.59 Å². The SMILES string of the molecule is C=CCN1C(=O)[C@H](CC(=O)Nc2ccc(C)cc2)SC1=Nc1ccc(C)cc1. The maximum Gasteiger partial charge on any atom is 0.242 e. The zero-order chi connectivity index (χ0) is 20.1. The van der Waals surface area contributed by atoms with Crippen molar-refractivity contribution in [2.45, 2.75) is 25.5 Å². The molecule has 6 heteroatoms. The molecule has 0 bridgehead atoms. The van der Waals surface area contributed by atoms with Crippen LogP contribution in [0.2, 0.25) is 0 Å². The number of hydrogen-bond donors (Lipinski definition) is 1. The summed E-state index contributed by atoms with van der Waals surface area (Å²) < 4.78 is 0. The first-order chi connectivity index (χ1) is 13.5. The average Bonchev–Trinajstić information content (AvgIpc) is 2.94. The molecule has 0 aliphatic carbocycles. The minimum Gasteiger partial charge on any atom is -0.326 e. The van der Waals surface area contributed by atoms with Gasteiger partial charge >= 0.3 is 0 Å². The van der Waals surface area contributed by atoms with Crippen LogP contribution in [0.1, 0.15) is 17.5 Å². The molecule has 0 radical (unpaired) electrons. The Morgan fingerprint density at radius 1 is 1.14 bits per heavy atom. The van der Waals surface area contributed by atoms with Crippen LogP contribution in [0.4, 0.5) is 11.4 Å². The molecule has 1 aliphatic heterocycles. The van der Waals surface area contributed by atoms with Crippen LogP contribution in [-0.2, 0) is 9.59 Å². The van der Waals surface area contributed by atoms with Crippen LogP contribution in [0.15, 0.2) is 66.2 Å². The van der Waals surface area contributed by atoms with E-state index in [-0.39, 0.29) is 18.2 Å². The Labute approximate surface area is 169 Å². The molecule has 2 aromatic carbocycles. The van der Waals surface area contributed by atoms with E-state index in [0.29, 0.717) is 11.7 Å². The second-order valence-corrected chi connectivity index (χ2v) is 7.86. The van der Waals surface area contributed by atoms with Crippen molar-refractivity contribution in [3.63, 3.8) is 0 Å². The Bertz CT molecular complexity index is 904. The monoisotopic (exact) mass is 393 g/mol. The van der Waals surface area contributed by atoms with Gasteiger partial charge < -0.3 is 5.32 Å². The minimum absolute atomic E-state index is 0.0952. The Hall–Kier alpha value is -2.86. The summed E-state index contributed by atoms with van der Waals surface area (Å²) in [5.74, 6) is -0.306. The number of aryl methyl sites for hydroxylation is 2. The molecule has 3 rings (SSSR count). The molecule has 28 heavy (non-hydrogen) atoms. The van der Waals surface area contributed by atoms with Crippen LogP contribution in [0, 0.1) is 13.8 Å². The number of hydrogen-bond acceptors (Lipinski definition) is 4. The molecular weight excluding hydrogens is 370 g/mol. The summed E-state index contributed by atoms with van der Waals surface area (Å²) in [4.78, 5) is 31.4. The van der Waals surface area contributed by atoms with Crippen molar-refractivity contribution in [2.24, 2.45) is 4.99 Å². The summed E-state index contributed by atoms with van der Waals surface area (Å²) in [5, 5.41) is 2.96. The van der Waals surface area contributed by atoms with Crippen molar-refractivity contribution < 1.29 is 9.59 Å². The topological polar surface area (TPSA) is 61.8 Å². The van der Waals surface area contributed by atoms with Gasteiger partial charge in [0, 0.05) is 18.7 Å². The van der Waals surface area contributed by atoms with Gasteiger partial charge in [0.25, 0.3) is 0 Å². The molecule has 1 saturated heterocycles. The highest BCUT2D eigenvalue weighted by atomic mass is 32.2. The van der Waals surface area contributed by atoms with Crippen molar-refractivity contribution in [1.82, 2.24) is 4.90 Å². The maximum atomic E-state index is 12.8. The zero-order valence-electron chi connectivity index (χ0n) is 16.0. The number of aliphatic imine (C=N–C) groups is 1. The molecule has 2 amide bonds. The summed E-state index contributed by atoms with van der Waals surface area (Å²) >= 11 is 1.32. The van der Waals surface area contributed by atoms with E-state index in [0.717, 1.165) is 22.5 Å². The molecule has 0 spiro atoms. The van der Waals surface area contributed by atoms with Gasteiger partial charge in [-0.1, -0.05) is 53.2 Å². The number of carbonyl (C=O) groups is 2. The number of benzene rings is 2. The summed E-state index contributed by atoms with van der Waals surface area (Å²) in [6.45, 7) is 8.09. The predicted octanol–water partition coefficient (Wildman–Crippen LogP) is 4.45. The molecule has 1 fully saturated rings. The number of nitrogens with one attached hydrogen (secondary N) is 1. The fourth-order valence-electron chi connectivity index (χ4n) is 2.77. The highest BCUT2D eigenvalue weighted by Gasteiger charge is 2.38. The highest BCUT2D eigenvalue weighted by molar-refractivity contribution is 8.15. The van der Waals surface area contributed by atoms with Crippen LogP contribution in [0.3, 0.4) is 0 Å². The molecule has 1 aliphatic rings. The van der Waals surface area contributed by atoms with E-state index in [1.54, 1.807) is 11.0 Å². The average molecular weight is 394 g/mol. The first-order valence-corrected chi connectivity index (χ1v) is 9.95. The number of anilines is 1. The second-order valence-electron chi connectivity index (χ2n) is 6.69. The Morgan fingerprint density at radius 2 is 1.75 bits per heavy atom. The van der Waals surface area contributed by atoms with Gasteiger partial charge in [-0.2, -0.15) is 0 Å². The van der Waals surface area contributed by atoms with E-state index in [2.05, 4.69) is 16.9 Å². The van der Waals surface area contributed by atoms with E-state index in [1.807, 2.05) is 62.4 Å². The first-order valence-electron chi connectivity index (χ1n) is 9.07. The molecular formula is C22H23N3O2S. The van der Waals surface area contributed by atoms with Gasteiger partial charge in [0.2, 0.25) is 11.8 Å². The number of carbonyl (C=O) groups excluding carboxylic acids is 2. The quantitative estimate of drug-likeness (QED) is 0.738. The van der Waals surface area contributed by atoms with Gasteiger partial charge in [0.05, 0.1) is 5.69 Å². The third-order valence-electron chi connectivity index (χ3n) is 4.30. The van der Waals surface area contributed by atoms with E-state index in [4.69, 9.17) is 0 Å². The Balaban J connectivity index is 1.72. The molecule has 5 nitrogen and oxygen atoms in total. The normalized spacial score (nSPS) is 17.8. The third kappa shape index (κ3) is 4.89. The summed E-state index contributed by atoms with van der Waals surface area (Å²) in [6, 6.07) is 15.4. The fraction of sp³-hybridized carbons (Fsp3) is 0.227. The smallest absolute Gasteiger partial charge is 0.242 e. The first kappa shape index (κ1) is 19.9. The summed E-state index contributed by atoms with van der Waals surface area (Å²) in [5.41, 5.74) is 3.77. The van der Waals surface area contributed by atoms with Crippen LogP contribution in [0.5, 0.6) is 0 Å². The van der Waals surface area contributed by atoms with Gasteiger partial charge in [-0.15, -0.1) is 6.58 Å². The van der Waals surface area contributed by atoms with Crippen LogP contribution < -0.4 is 5.32 Å². The maximum absolute atomic E-state index is 12.8. The molecule has 0 saturated carbocycles. The molecule has 2 aromatic rings. The largest absolute Gasteiger partial charge is 0.326 e. The molecule has 1 heterocycles. The number of nitrogens with zero attached hydrogens (tertiary/aromatic N) is 2. The number of amides is 2. The van der Waals surface area contributed by atoms with Gasteiger partial charge in [0.1, 0.15) is 5.25 Å². The Morgan fingerprint density at radius 3 is 2.36 bits per heavy atom. The van der Waals surface area contributed by atoms with Crippen molar-refractivity contribution in [3.05, 3.63) is 72.3 Å². The lowest BCUT2D eigenvalue weighted by atomic mass is 10.2. The molecule has 0 aromatic heterocycles. The fourth-order valence-corrected chi connectivity index (χ4v) is 3.94. The van der Waals surface area contributed by atoms with Gasteiger partial charge in [0.15, 0.2) is 5.17 Å². The number of rotatable bonds is 6. The van der Waals surface area contributed by atoms with Crippen molar-refractivity contribution >= 4 is 40.1 Å². The number of thioether (sulfide) groups is 1. The summed E-state index contributed by atoms with van der Waals surface area (Å²) in [6.07, 6.45) is 1.76. The lowest BCUT2D eigenvalue weighted by Crippen LogP contribution is -2.33. The van der Waals surface area contributed by atoms with Crippen LogP contribution in [0.25, 0.3) is 0 Å². The summed E-state index contributed by atoms with van der Waals surface area (Å²) in [7, 11) is 0. The lowest BCUT2D eigenvalue weighted by Gasteiger charge is -2.13. The third-order valence-corrected chi connectivity index (χ3v) is 5.47. The molecule has 1 atom stereocenters. The molecule has 1 N–H and O–H groups in total. The minimum atomic E-state index is -0.491. The standard InChI is InChI=1S/C22H23N3O2S/c1-4-13-25-21(27)19(14-20(26)23-17-9-5-15(2)6-10-17)28-22(25)24-18-11-7-16(3)8-12-18/h4-12,19H,1,13-14H2,2-3H3,(H,23,26)/t19-/m0/s1. The van der Waals surface area contributed by atoms with Crippen LogP contribution in [-0.4, -0.2) is 33.7 Å². The van der Waals surface area contributed by atoms with Gasteiger partial charge in [-0.25, -0.2) is 4.99 Å². The Kier molecular flexibility index (Phi) is 6.31. The van der Waals surface area contributed by atoms with Crippen molar-refractivity contribution in [3.8, 4) is 0 Å². The van der Waals surface area contributed by atoms with Gasteiger partial charge in [-0.3, -0.25) is 14.5 Å². The van der Waals surface area contributed by atoms with Crippen molar-refractivity contribution in [2.75, 3.05) is 11.9 Å². The van der Waals surface area contributed by atoms with E-state index >= 15 is 0 Å². The zero-order valence-corrected chi connectivity index (χ0v) is 16.8. The van der Waals surface area contributed by atoms with Crippen molar-refractivity contribution in [1.29, 1.82) is 0 Å². The molecule has 0 unspecified atom stereocenters. The lowest BCUT2D eigenvalue weighted by molar-refractivity contribution is -0.127. The molecule has 144 valence electrons. The van der Waals surface area contributed by atoms with E-state index in [1.165, 1.54) is 11.8 Å². The van der Waals surface area contributed by atoms with Crippen LogP contribution >= 0.6 is 11.8 Å².